The molecule has 0 saturated heterocycles. The fourth-order valence-corrected chi connectivity index (χ4v) is 1.74. The summed E-state index contributed by atoms with van der Waals surface area (Å²) in [6, 6.07) is 5.56. The van der Waals surface area contributed by atoms with Crippen LogP contribution >= 0.6 is 11.6 Å². The van der Waals surface area contributed by atoms with Gasteiger partial charge in [-0.3, -0.25) is 10.1 Å². The molecule has 0 amide bonds. The summed E-state index contributed by atoms with van der Waals surface area (Å²) in [5.74, 6) is -0.746. The Bertz CT molecular complexity index is 668. The van der Waals surface area contributed by atoms with Gasteiger partial charge in [0.2, 0.25) is 0 Å². The molecule has 0 aliphatic heterocycles. The Balaban J connectivity index is 2.14. The maximum Gasteiger partial charge on any atom is 0.338 e. The maximum atomic E-state index is 10.9. The number of nitrogens with zero attached hydrogens (tertiary/aromatic N) is 1. The second kappa shape index (κ2) is 5.62. The van der Waals surface area contributed by atoms with Gasteiger partial charge in [0.1, 0.15) is 17.7 Å². The predicted molar refractivity (Wildman–Crippen MR) is 71.1 cm³/mol. The summed E-state index contributed by atoms with van der Waals surface area (Å²) < 4.78 is 5.03. The number of nitro groups is 1. The van der Waals surface area contributed by atoms with Gasteiger partial charge in [-0.2, -0.15) is 0 Å². The van der Waals surface area contributed by atoms with Crippen LogP contribution in [0.25, 0.3) is 0 Å². The van der Waals surface area contributed by atoms with Gasteiger partial charge < -0.3 is 14.8 Å². The molecule has 7 nitrogen and oxygen atoms in total. The Hall–Kier alpha value is -2.54. The molecule has 104 valence electrons. The molecule has 0 aliphatic rings. The number of benzene rings is 1. The van der Waals surface area contributed by atoms with E-state index in [0.29, 0.717) is 5.76 Å². The van der Waals surface area contributed by atoms with Gasteiger partial charge in [-0.05, 0) is 18.2 Å². The molecule has 0 radical (unpaired) electrons. The van der Waals surface area contributed by atoms with E-state index in [1.807, 2.05) is 0 Å². The third-order valence-electron chi connectivity index (χ3n) is 2.51. The fourth-order valence-electron chi connectivity index (χ4n) is 1.57. The van der Waals surface area contributed by atoms with Gasteiger partial charge in [0.25, 0.3) is 5.69 Å². The zero-order chi connectivity index (χ0) is 14.7. The first-order valence-corrected chi connectivity index (χ1v) is 5.83. The van der Waals surface area contributed by atoms with Crippen LogP contribution in [0.1, 0.15) is 16.1 Å². The van der Waals surface area contributed by atoms with Crippen molar-refractivity contribution in [1.29, 1.82) is 0 Å². The Kier molecular flexibility index (Phi) is 3.90. The number of nitrogens with one attached hydrogen (secondary N) is 1. The van der Waals surface area contributed by atoms with Gasteiger partial charge in [-0.1, -0.05) is 11.6 Å². The average Bonchev–Trinajstić information content (AvgIpc) is 2.86. The van der Waals surface area contributed by atoms with E-state index in [1.54, 1.807) is 0 Å². The molecule has 1 aromatic carbocycles. The van der Waals surface area contributed by atoms with E-state index in [-0.39, 0.29) is 28.5 Å². The molecular weight excluding hydrogens is 288 g/mol. The van der Waals surface area contributed by atoms with E-state index >= 15 is 0 Å². The number of carbonyl (C=O) groups is 1. The third kappa shape index (κ3) is 3.07. The van der Waals surface area contributed by atoms with Crippen LogP contribution in [0, 0.1) is 10.1 Å². The predicted octanol–water partition coefficient (Wildman–Crippen LogP) is 3.15. The zero-order valence-corrected chi connectivity index (χ0v) is 10.8. The molecule has 0 fully saturated rings. The molecule has 8 heteroatoms. The molecule has 2 N–H and O–H groups in total. The van der Waals surface area contributed by atoms with Crippen molar-refractivity contribution < 1.29 is 19.2 Å². The van der Waals surface area contributed by atoms with Crippen LogP contribution in [0.15, 0.2) is 34.9 Å². The highest BCUT2D eigenvalue weighted by Crippen LogP contribution is 2.28. The first kappa shape index (κ1) is 13.9. The minimum Gasteiger partial charge on any atom is -0.478 e. The molecule has 0 saturated carbocycles. The van der Waals surface area contributed by atoms with Crippen LogP contribution in [-0.2, 0) is 6.54 Å². The van der Waals surface area contributed by atoms with Crippen LogP contribution < -0.4 is 5.32 Å². The molecule has 2 aromatic rings. The molecule has 2 rings (SSSR count). The molecule has 0 aliphatic carbocycles. The highest BCUT2D eigenvalue weighted by atomic mass is 35.5. The Morgan fingerprint density at radius 1 is 1.45 bits per heavy atom. The highest BCUT2D eigenvalue weighted by Gasteiger charge is 2.15. The lowest BCUT2D eigenvalue weighted by Gasteiger charge is -2.05. The first-order valence-electron chi connectivity index (χ1n) is 5.46. The number of carboxylic acid groups (broad SMARTS) is 1. The normalized spacial score (nSPS) is 10.2. The van der Waals surface area contributed by atoms with Gasteiger partial charge in [-0.15, -0.1) is 0 Å². The summed E-state index contributed by atoms with van der Waals surface area (Å²) in [4.78, 5) is 21.0. The van der Waals surface area contributed by atoms with E-state index in [4.69, 9.17) is 21.1 Å². The topological polar surface area (TPSA) is 106 Å². The minimum absolute atomic E-state index is 0.0207. The number of halogens is 1. The van der Waals surface area contributed by atoms with Crippen LogP contribution in [-0.4, -0.2) is 16.0 Å². The summed E-state index contributed by atoms with van der Waals surface area (Å²) in [6.45, 7) is 0.121. The SMILES string of the molecule is O=C(O)c1coc(CNc2ccc(Cl)cc2[N+](=O)[O-])c1. The lowest BCUT2D eigenvalue weighted by molar-refractivity contribution is -0.383. The fraction of sp³-hybridized carbons (Fsp3) is 0.0833. The van der Waals surface area contributed by atoms with E-state index in [0.717, 1.165) is 6.26 Å². The summed E-state index contributed by atoms with van der Waals surface area (Å²) in [6.07, 6.45) is 1.11. The van der Waals surface area contributed by atoms with E-state index in [1.165, 1.54) is 24.3 Å². The quantitative estimate of drug-likeness (QED) is 0.648. The lowest BCUT2D eigenvalue weighted by atomic mass is 10.2. The molecule has 0 atom stereocenters. The Labute approximate surface area is 117 Å². The van der Waals surface area contributed by atoms with Crippen LogP contribution in [0.3, 0.4) is 0 Å². The van der Waals surface area contributed by atoms with Crippen molar-refractivity contribution in [3.8, 4) is 0 Å². The van der Waals surface area contributed by atoms with E-state index < -0.39 is 10.9 Å². The van der Waals surface area contributed by atoms with E-state index in [9.17, 15) is 14.9 Å². The number of carboxylic acids is 1. The average molecular weight is 297 g/mol. The molecule has 0 unspecified atom stereocenters. The summed E-state index contributed by atoms with van der Waals surface area (Å²) in [5, 5.41) is 22.7. The number of anilines is 1. The largest absolute Gasteiger partial charge is 0.478 e. The van der Waals surface area contributed by atoms with Crippen LogP contribution in [0.5, 0.6) is 0 Å². The van der Waals surface area contributed by atoms with Crippen molar-refractivity contribution in [3.63, 3.8) is 0 Å². The van der Waals surface area contributed by atoms with Crippen LogP contribution in [0.2, 0.25) is 5.02 Å². The third-order valence-corrected chi connectivity index (χ3v) is 2.75. The van der Waals surface area contributed by atoms with Crippen molar-refractivity contribution in [2.45, 2.75) is 6.54 Å². The summed E-state index contributed by atoms with van der Waals surface area (Å²) in [5.41, 5.74) is 0.127. The number of nitro benzene ring substituents is 1. The number of furan rings is 1. The molecule has 1 heterocycles. The highest BCUT2D eigenvalue weighted by molar-refractivity contribution is 6.30. The summed E-state index contributed by atoms with van der Waals surface area (Å²) >= 11 is 5.70. The molecule has 0 spiro atoms. The molecule has 20 heavy (non-hydrogen) atoms. The summed E-state index contributed by atoms with van der Waals surface area (Å²) in [7, 11) is 0. The van der Waals surface area contributed by atoms with Gasteiger partial charge in [0.15, 0.2) is 0 Å². The number of aromatic carboxylic acids is 1. The maximum absolute atomic E-state index is 10.9. The van der Waals surface area contributed by atoms with Gasteiger partial charge >= 0.3 is 5.97 Å². The minimum atomic E-state index is -1.10. The van der Waals surface area contributed by atoms with E-state index in [2.05, 4.69) is 5.32 Å². The Morgan fingerprint density at radius 3 is 2.80 bits per heavy atom. The Morgan fingerprint density at radius 2 is 2.20 bits per heavy atom. The smallest absolute Gasteiger partial charge is 0.338 e. The first-order chi connectivity index (χ1) is 9.47. The van der Waals surface area contributed by atoms with Crippen molar-refractivity contribution in [3.05, 3.63) is 57.0 Å². The molecule has 0 bridgehead atoms. The van der Waals surface area contributed by atoms with Gasteiger partial charge in [0.05, 0.1) is 17.0 Å². The van der Waals surface area contributed by atoms with Crippen LogP contribution in [0.4, 0.5) is 11.4 Å². The molecular formula is C12H9ClN2O5. The zero-order valence-electron chi connectivity index (χ0n) is 10.00. The number of hydrogen-bond donors (Lipinski definition) is 2. The standard InChI is InChI=1S/C12H9ClN2O5/c13-8-1-2-10(11(4-8)15(18)19)14-5-9-3-7(6-20-9)12(16)17/h1-4,6,14H,5H2,(H,16,17). The van der Waals surface area contributed by atoms with Crippen molar-refractivity contribution >= 4 is 28.9 Å². The van der Waals surface area contributed by atoms with Crippen molar-refractivity contribution in [2.24, 2.45) is 0 Å². The van der Waals surface area contributed by atoms with Crippen molar-refractivity contribution in [1.82, 2.24) is 0 Å². The number of hydrogen-bond acceptors (Lipinski definition) is 5. The van der Waals surface area contributed by atoms with Gasteiger partial charge in [-0.25, -0.2) is 4.79 Å². The molecule has 1 aromatic heterocycles. The lowest BCUT2D eigenvalue weighted by Crippen LogP contribution is -2.02. The monoisotopic (exact) mass is 296 g/mol. The van der Waals surface area contributed by atoms with Gasteiger partial charge in [0, 0.05) is 11.1 Å². The van der Waals surface area contributed by atoms with Crippen molar-refractivity contribution in [2.75, 3.05) is 5.32 Å². The second-order valence-corrected chi connectivity index (χ2v) is 4.32. The second-order valence-electron chi connectivity index (χ2n) is 3.88. The number of rotatable bonds is 5.